The Morgan fingerprint density at radius 2 is 2.10 bits per heavy atom. The Bertz CT molecular complexity index is 613. The number of hydrogen-bond acceptors (Lipinski definition) is 4. The van der Waals surface area contributed by atoms with Crippen molar-refractivity contribution in [3.8, 4) is 5.75 Å². The molecule has 1 aliphatic rings. The van der Waals surface area contributed by atoms with E-state index in [1.807, 2.05) is 29.2 Å². The van der Waals surface area contributed by atoms with Crippen LogP contribution in [-0.4, -0.2) is 34.4 Å². The molecular formula is C16H17N3O2. The minimum Gasteiger partial charge on any atom is -0.497 e. The lowest BCUT2D eigenvalue weighted by molar-refractivity contribution is 0.0729. The molecule has 5 heteroatoms. The standard InChI is InChI=1S/C16H17N3O2/c1-21-13-6-4-12(5-7-13)15-3-2-10-19(15)16(20)14-11-17-8-9-18-14/h4-9,11,15H,2-3,10H2,1H3/t15-/m1/s1. The molecule has 5 nitrogen and oxygen atoms in total. The summed E-state index contributed by atoms with van der Waals surface area (Å²) in [6.45, 7) is 0.756. The number of carbonyl (C=O) groups is 1. The van der Waals surface area contributed by atoms with E-state index in [9.17, 15) is 4.79 Å². The fourth-order valence-electron chi connectivity index (χ4n) is 2.74. The third-order valence-electron chi connectivity index (χ3n) is 3.80. The molecule has 2 heterocycles. The monoisotopic (exact) mass is 283 g/mol. The first-order valence-electron chi connectivity index (χ1n) is 7.00. The third-order valence-corrected chi connectivity index (χ3v) is 3.80. The second kappa shape index (κ2) is 5.91. The zero-order valence-electron chi connectivity index (χ0n) is 11.9. The van der Waals surface area contributed by atoms with Crippen LogP contribution in [0.5, 0.6) is 5.75 Å². The first kappa shape index (κ1) is 13.5. The van der Waals surface area contributed by atoms with Gasteiger partial charge in [0.25, 0.3) is 5.91 Å². The van der Waals surface area contributed by atoms with Gasteiger partial charge in [-0.15, -0.1) is 0 Å². The second-order valence-electron chi connectivity index (χ2n) is 5.02. The summed E-state index contributed by atoms with van der Waals surface area (Å²) in [5, 5.41) is 0. The minimum atomic E-state index is -0.0542. The molecule has 108 valence electrons. The molecule has 3 rings (SSSR count). The van der Waals surface area contributed by atoms with Crippen molar-refractivity contribution in [2.24, 2.45) is 0 Å². The highest BCUT2D eigenvalue weighted by atomic mass is 16.5. The van der Waals surface area contributed by atoms with E-state index in [1.54, 1.807) is 19.5 Å². The van der Waals surface area contributed by atoms with Gasteiger partial charge in [0.1, 0.15) is 11.4 Å². The molecule has 1 aromatic heterocycles. The maximum atomic E-state index is 12.6. The first-order chi connectivity index (χ1) is 10.3. The smallest absolute Gasteiger partial charge is 0.274 e. The molecule has 0 radical (unpaired) electrons. The van der Waals surface area contributed by atoms with E-state index in [2.05, 4.69) is 9.97 Å². The Morgan fingerprint density at radius 3 is 2.76 bits per heavy atom. The van der Waals surface area contributed by atoms with Gasteiger partial charge in [-0.05, 0) is 30.5 Å². The van der Waals surface area contributed by atoms with Gasteiger partial charge in [-0.3, -0.25) is 9.78 Å². The number of methoxy groups -OCH3 is 1. The highest BCUT2D eigenvalue weighted by Crippen LogP contribution is 2.33. The van der Waals surface area contributed by atoms with E-state index in [4.69, 9.17) is 4.74 Å². The van der Waals surface area contributed by atoms with Crippen LogP contribution >= 0.6 is 0 Å². The summed E-state index contributed by atoms with van der Waals surface area (Å²) in [5.41, 5.74) is 1.53. The Kier molecular flexibility index (Phi) is 3.81. The summed E-state index contributed by atoms with van der Waals surface area (Å²) in [7, 11) is 1.65. The van der Waals surface area contributed by atoms with Gasteiger partial charge < -0.3 is 9.64 Å². The molecule has 1 atom stereocenters. The van der Waals surface area contributed by atoms with Gasteiger partial charge in [-0.25, -0.2) is 4.98 Å². The average Bonchev–Trinajstić information content (AvgIpc) is 3.04. The van der Waals surface area contributed by atoms with Crippen LogP contribution in [0.4, 0.5) is 0 Å². The van der Waals surface area contributed by atoms with Gasteiger partial charge in [0, 0.05) is 18.9 Å². The molecule has 0 spiro atoms. The number of benzene rings is 1. The van der Waals surface area contributed by atoms with Crippen LogP contribution in [0.15, 0.2) is 42.9 Å². The topological polar surface area (TPSA) is 55.3 Å². The Balaban J connectivity index is 1.83. The van der Waals surface area contributed by atoms with Crippen LogP contribution < -0.4 is 4.74 Å². The predicted octanol–water partition coefficient (Wildman–Crippen LogP) is 2.46. The molecule has 1 aliphatic heterocycles. The van der Waals surface area contributed by atoms with Crippen LogP contribution in [0.1, 0.15) is 34.9 Å². The van der Waals surface area contributed by atoms with Crippen molar-refractivity contribution < 1.29 is 9.53 Å². The maximum absolute atomic E-state index is 12.6. The molecular weight excluding hydrogens is 266 g/mol. The van der Waals surface area contributed by atoms with Gasteiger partial charge in [-0.2, -0.15) is 0 Å². The largest absolute Gasteiger partial charge is 0.497 e. The number of aromatic nitrogens is 2. The molecule has 1 amide bonds. The lowest BCUT2D eigenvalue weighted by atomic mass is 10.0. The van der Waals surface area contributed by atoms with E-state index in [0.717, 1.165) is 30.7 Å². The molecule has 0 unspecified atom stereocenters. The predicted molar refractivity (Wildman–Crippen MR) is 78.0 cm³/mol. The number of likely N-dealkylation sites (tertiary alicyclic amines) is 1. The van der Waals surface area contributed by atoms with E-state index in [0.29, 0.717) is 5.69 Å². The number of ether oxygens (including phenoxy) is 1. The van der Waals surface area contributed by atoms with Gasteiger partial charge in [0.2, 0.25) is 0 Å². The van der Waals surface area contributed by atoms with Gasteiger partial charge in [-0.1, -0.05) is 12.1 Å². The molecule has 0 bridgehead atoms. The van der Waals surface area contributed by atoms with Crippen molar-refractivity contribution in [1.82, 2.24) is 14.9 Å². The Morgan fingerprint density at radius 1 is 1.29 bits per heavy atom. The molecule has 0 saturated carbocycles. The minimum absolute atomic E-state index is 0.0542. The van der Waals surface area contributed by atoms with Crippen molar-refractivity contribution in [3.63, 3.8) is 0 Å². The maximum Gasteiger partial charge on any atom is 0.274 e. The zero-order chi connectivity index (χ0) is 14.7. The molecule has 21 heavy (non-hydrogen) atoms. The SMILES string of the molecule is COc1ccc([C@H]2CCCN2C(=O)c2cnccn2)cc1. The summed E-state index contributed by atoms with van der Waals surface area (Å²) in [4.78, 5) is 22.5. The van der Waals surface area contributed by atoms with Crippen molar-refractivity contribution in [1.29, 1.82) is 0 Å². The summed E-state index contributed by atoms with van der Waals surface area (Å²) in [5.74, 6) is 0.768. The fraction of sp³-hybridized carbons (Fsp3) is 0.312. The number of nitrogens with zero attached hydrogens (tertiary/aromatic N) is 3. The van der Waals surface area contributed by atoms with E-state index >= 15 is 0 Å². The van der Waals surface area contributed by atoms with Gasteiger partial charge in [0.05, 0.1) is 19.3 Å². The molecule has 1 aromatic carbocycles. The number of rotatable bonds is 3. The Hall–Kier alpha value is -2.43. The zero-order valence-corrected chi connectivity index (χ0v) is 11.9. The highest BCUT2D eigenvalue weighted by Gasteiger charge is 2.31. The van der Waals surface area contributed by atoms with Crippen LogP contribution in [0, 0.1) is 0 Å². The molecule has 2 aromatic rings. The molecule has 1 fully saturated rings. The normalized spacial score (nSPS) is 17.8. The average molecular weight is 283 g/mol. The summed E-state index contributed by atoms with van der Waals surface area (Å²) in [6, 6.07) is 8.00. The quantitative estimate of drug-likeness (QED) is 0.868. The van der Waals surface area contributed by atoms with E-state index in [1.165, 1.54) is 6.20 Å². The number of amides is 1. The summed E-state index contributed by atoms with van der Waals surface area (Å²) in [6.07, 6.45) is 6.61. The van der Waals surface area contributed by atoms with E-state index < -0.39 is 0 Å². The molecule has 0 aliphatic carbocycles. The fourth-order valence-corrected chi connectivity index (χ4v) is 2.74. The van der Waals surface area contributed by atoms with Crippen molar-refractivity contribution in [3.05, 3.63) is 54.1 Å². The highest BCUT2D eigenvalue weighted by molar-refractivity contribution is 5.92. The van der Waals surface area contributed by atoms with Crippen LogP contribution in [0.3, 0.4) is 0 Å². The Labute approximate surface area is 123 Å². The molecule has 1 saturated heterocycles. The van der Waals surface area contributed by atoms with Gasteiger partial charge in [0.15, 0.2) is 0 Å². The van der Waals surface area contributed by atoms with E-state index in [-0.39, 0.29) is 11.9 Å². The lowest BCUT2D eigenvalue weighted by Gasteiger charge is -2.24. The van der Waals surface area contributed by atoms with Crippen molar-refractivity contribution >= 4 is 5.91 Å². The lowest BCUT2D eigenvalue weighted by Crippen LogP contribution is -2.31. The van der Waals surface area contributed by atoms with Crippen molar-refractivity contribution in [2.75, 3.05) is 13.7 Å². The van der Waals surface area contributed by atoms with Crippen molar-refractivity contribution in [2.45, 2.75) is 18.9 Å². The summed E-state index contributed by atoms with van der Waals surface area (Å²) >= 11 is 0. The van der Waals surface area contributed by atoms with Crippen LogP contribution in [0.25, 0.3) is 0 Å². The molecule has 0 N–H and O–H groups in total. The van der Waals surface area contributed by atoms with Crippen LogP contribution in [-0.2, 0) is 0 Å². The summed E-state index contributed by atoms with van der Waals surface area (Å²) < 4.78 is 5.18. The number of carbonyl (C=O) groups excluding carboxylic acids is 1. The van der Waals surface area contributed by atoms with Gasteiger partial charge >= 0.3 is 0 Å². The first-order valence-corrected chi connectivity index (χ1v) is 7.00. The second-order valence-corrected chi connectivity index (χ2v) is 5.02. The third kappa shape index (κ3) is 2.72. The van der Waals surface area contributed by atoms with Crippen LogP contribution in [0.2, 0.25) is 0 Å². The number of hydrogen-bond donors (Lipinski definition) is 0.